The molecule has 0 spiro atoms. The highest BCUT2D eigenvalue weighted by atomic mass is 32.2. The molecule has 2 atom stereocenters. The van der Waals surface area contributed by atoms with Crippen LogP contribution in [0.5, 0.6) is 0 Å². The van der Waals surface area contributed by atoms with Gasteiger partial charge in [0.05, 0.1) is 22.8 Å². The second kappa shape index (κ2) is 8.08. The summed E-state index contributed by atoms with van der Waals surface area (Å²) >= 11 is 1.47. The summed E-state index contributed by atoms with van der Waals surface area (Å²) in [6.45, 7) is 4.34. The van der Waals surface area contributed by atoms with Crippen LogP contribution in [0.3, 0.4) is 0 Å². The van der Waals surface area contributed by atoms with Crippen LogP contribution in [0.25, 0.3) is 11.3 Å². The van der Waals surface area contributed by atoms with E-state index in [2.05, 4.69) is 16.4 Å². The molecule has 1 N–H and O–H groups in total. The number of sulfonamides is 1. The van der Waals surface area contributed by atoms with Crippen molar-refractivity contribution in [2.24, 2.45) is 0 Å². The van der Waals surface area contributed by atoms with E-state index in [4.69, 9.17) is 4.74 Å². The Morgan fingerprint density at radius 2 is 1.78 bits per heavy atom. The average molecular weight is 470 g/mol. The quantitative estimate of drug-likeness (QED) is 0.492. The molecule has 1 aromatic heterocycles. The van der Waals surface area contributed by atoms with Gasteiger partial charge in [0.1, 0.15) is 0 Å². The van der Waals surface area contributed by atoms with Gasteiger partial charge in [-0.05, 0) is 43.7 Å². The molecule has 9 heteroatoms. The minimum Gasteiger partial charge on any atom is -0.373 e. The maximum atomic E-state index is 13.0. The number of fused-ring (bicyclic) bond motifs is 3. The van der Waals surface area contributed by atoms with Crippen molar-refractivity contribution in [2.45, 2.75) is 37.4 Å². The molecule has 0 radical (unpaired) electrons. The summed E-state index contributed by atoms with van der Waals surface area (Å²) in [4.78, 5) is 18.6. The lowest BCUT2D eigenvalue weighted by Crippen LogP contribution is -2.48. The third kappa shape index (κ3) is 3.86. The van der Waals surface area contributed by atoms with Crippen molar-refractivity contribution in [3.05, 3.63) is 64.5 Å². The Kier molecular flexibility index (Phi) is 5.37. The number of nitrogens with zero attached hydrogens (tertiary/aromatic N) is 2. The van der Waals surface area contributed by atoms with Gasteiger partial charge < -0.3 is 4.74 Å². The molecule has 3 aromatic rings. The van der Waals surface area contributed by atoms with Crippen molar-refractivity contribution in [2.75, 3.05) is 18.4 Å². The molecule has 0 saturated carbocycles. The number of carbonyl (C=O) groups is 1. The fourth-order valence-electron chi connectivity index (χ4n) is 4.24. The molecule has 2 heterocycles. The molecule has 1 aliphatic carbocycles. The van der Waals surface area contributed by atoms with E-state index >= 15 is 0 Å². The standard InChI is InChI=1S/C23H23N3O4S2/c1-14-12-26(13-15(2)30-14)32(28,29)18-9-7-16(8-10-18)22(27)25-23-24-21-19-6-4-3-5-17(19)11-20(21)31-23/h3-10,14-15H,11-13H2,1-2H3,(H,24,25,27). The Morgan fingerprint density at radius 1 is 1.09 bits per heavy atom. The topological polar surface area (TPSA) is 88.6 Å². The van der Waals surface area contributed by atoms with Crippen LogP contribution in [0.4, 0.5) is 5.13 Å². The molecule has 0 bridgehead atoms. The Hall–Kier alpha value is -2.59. The molecule has 1 saturated heterocycles. The van der Waals surface area contributed by atoms with Crippen LogP contribution in [0.1, 0.15) is 34.6 Å². The Morgan fingerprint density at radius 3 is 2.50 bits per heavy atom. The molecule has 166 valence electrons. The molecule has 1 fully saturated rings. The van der Waals surface area contributed by atoms with Crippen LogP contribution in [0, 0.1) is 0 Å². The number of hydrogen-bond donors (Lipinski definition) is 1. The number of nitrogens with one attached hydrogen (secondary N) is 1. The third-order valence-corrected chi connectivity index (χ3v) is 8.50. The molecule has 5 rings (SSSR count). The number of amides is 1. The normalized spacial score (nSPS) is 20.6. The lowest BCUT2D eigenvalue weighted by molar-refractivity contribution is -0.0440. The lowest BCUT2D eigenvalue weighted by Gasteiger charge is -2.34. The van der Waals surface area contributed by atoms with Gasteiger partial charge in [0.15, 0.2) is 5.13 Å². The highest BCUT2D eigenvalue weighted by molar-refractivity contribution is 7.89. The highest BCUT2D eigenvalue weighted by Gasteiger charge is 2.32. The minimum absolute atomic E-state index is 0.162. The Bertz CT molecular complexity index is 1270. The van der Waals surface area contributed by atoms with Crippen molar-refractivity contribution in [1.29, 1.82) is 0 Å². The van der Waals surface area contributed by atoms with E-state index in [0.29, 0.717) is 23.8 Å². The maximum Gasteiger partial charge on any atom is 0.257 e. The predicted octanol–water partition coefficient (Wildman–Crippen LogP) is 3.76. The molecular formula is C23H23N3O4S2. The number of morpholine rings is 1. The third-order valence-electron chi connectivity index (χ3n) is 5.68. The summed E-state index contributed by atoms with van der Waals surface area (Å²) in [6, 6.07) is 14.2. The van der Waals surface area contributed by atoms with Gasteiger partial charge in [0.2, 0.25) is 10.0 Å². The summed E-state index contributed by atoms with van der Waals surface area (Å²) in [5.74, 6) is -0.316. The van der Waals surface area contributed by atoms with Crippen LogP contribution < -0.4 is 5.32 Å². The zero-order valence-electron chi connectivity index (χ0n) is 17.7. The number of benzene rings is 2. The van der Waals surface area contributed by atoms with E-state index in [9.17, 15) is 13.2 Å². The Balaban J connectivity index is 1.30. The van der Waals surface area contributed by atoms with Gasteiger partial charge in [0, 0.05) is 35.5 Å². The average Bonchev–Trinajstić information content (AvgIpc) is 3.30. The van der Waals surface area contributed by atoms with E-state index in [1.807, 2.05) is 32.0 Å². The van der Waals surface area contributed by atoms with Crippen LogP contribution >= 0.6 is 11.3 Å². The molecule has 2 aliphatic rings. The van der Waals surface area contributed by atoms with Gasteiger partial charge in [-0.1, -0.05) is 24.3 Å². The zero-order chi connectivity index (χ0) is 22.5. The predicted molar refractivity (Wildman–Crippen MR) is 124 cm³/mol. The highest BCUT2D eigenvalue weighted by Crippen LogP contribution is 2.40. The molecule has 1 amide bonds. The summed E-state index contributed by atoms with van der Waals surface area (Å²) in [5, 5.41) is 3.39. The fourth-order valence-corrected chi connectivity index (χ4v) is 6.82. The molecule has 32 heavy (non-hydrogen) atoms. The number of hydrogen-bond acceptors (Lipinski definition) is 6. The largest absolute Gasteiger partial charge is 0.373 e. The first-order valence-corrected chi connectivity index (χ1v) is 12.7. The minimum atomic E-state index is -3.64. The summed E-state index contributed by atoms with van der Waals surface area (Å²) in [5.41, 5.74) is 3.67. The summed E-state index contributed by atoms with van der Waals surface area (Å²) in [7, 11) is -3.64. The first-order valence-electron chi connectivity index (χ1n) is 10.5. The van der Waals surface area contributed by atoms with Crippen molar-refractivity contribution in [3.8, 4) is 11.3 Å². The number of thiazole rings is 1. The van der Waals surface area contributed by atoms with Crippen molar-refractivity contribution >= 4 is 32.4 Å². The van der Waals surface area contributed by atoms with Gasteiger partial charge >= 0.3 is 0 Å². The first kappa shape index (κ1) is 21.3. The van der Waals surface area contributed by atoms with E-state index in [0.717, 1.165) is 22.6 Å². The summed E-state index contributed by atoms with van der Waals surface area (Å²) in [6.07, 6.45) is 0.501. The number of rotatable bonds is 4. The van der Waals surface area contributed by atoms with Gasteiger partial charge in [-0.25, -0.2) is 13.4 Å². The molecule has 2 aromatic carbocycles. The van der Waals surface area contributed by atoms with E-state index in [1.54, 1.807) is 0 Å². The molecule has 2 unspecified atom stereocenters. The van der Waals surface area contributed by atoms with Gasteiger partial charge in [0.25, 0.3) is 5.91 Å². The second-order valence-electron chi connectivity index (χ2n) is 8.18. The van der Waals surface area contributed by atoms with Crippen LogP contribution in [-0.4, -0.2) is 48.9 Å². The summed E-state index contributed by atoms with van der Waals surface area (Å²) < 4.78 is 33.1. The molecule has 1 aliphatic heterocycles. The monoisotopic (exact) mass is 469 g/mol. The van der Waals surface area contributed by atoms with Crippen molar-refractivity contribution in [1.82, 2.24) is 9.29 Å². The van der Waals surface area contributed by atoms with Gasteiger partial charge in [-0.2, -0.15) is 4.31 Å². The maximum absolute atomic E-state index is 13.0. The lowest BCUT2D eigenvalue weighted by atomic mass is 10.1. The number of aromatic nitrogens is 1. The van der Waals surface area contributed by atoms with E-state index < -0.39 is 10.0 Å². The van der Waals surface area contributed by atoms with Crippen molar-refractivity contribution < 1.29 is 17.9 Å². The van der Waals surface area contributed by atoms with Crippen LogP contribution in [0.2, 0.25) is 0 Å². The SMILES string of the molecule is CC1CN(S(=O)(=O)c2ccc(C(=O)Nc3nc4c(s3)Cc3ccccc3-4)cc2)CC(C)O1. The van der Waals surface area contributed by atoms with Gasteiger partial charge in [-0.15, -0.1) is 11.3 Å². The second-order valence-corrected chi connectivity index (χ2v) is 11.2. The van der Waals surface area contributed by atoms with E-state index in [-0.39, 0.29) is 23.0 Å². The first-order chi connectivity index (χ1) is 15.3. The number of anilines is 1. The fraction of sp³-hybridized carbons (Fsp3) is 0.304. The Labute approximate surface area is 191 Å². The zero-order valence-corrected chi connectivity index (χ0v) is 19.4. The van der Waals surface area contributed by atoms with E-state index in [1.165, 1.54) is 45.5 Å². The van der Waals surface area contributed by atoms with Crippen molar-refractivity contribution in [3.63, 3.8) is 0 Å². The smallest absolute Gasteiger partial charge is 0.257 e. The van der Waals surface area contributed by atoms with Crippen LogP contribution in [0.15, 0.2) is 53.4 Å². The van der Waals surface area contributed by atoms with Crippen LogP contribution in [-0.2, 0) is 21.2 Å². The number of carbonyl (C=O) groups excluding carboxylic acids is 1. The number of ether oxygens (including phenoxy) is 1. The molecular weight excluding hydrogens is 446 g/mol. The molecule has 7 nitrogen and oxygen atoms in total. The van der Waals surface area contributed by atoms with Gasteiger partial charge in [-0.3, -0.25) is 10.1 Å².